The van der Waals surface area contributed by atoms with E-state index in [9.17, 15) is 4.79 Å². The Balaban J connectivity index is 2.49. The maximum Gasteiger partial charge on any atom is 0.312 e. The number of nitrogens with zero attached hydrogens (tertiary/aromatic N) is 2. The zero-order valence-corrected chi connectivity index (χ0v) is 7.51. The number of carbonyl (C=O) groups excluding carboxylic acids is 1. The van der Waals surface area contributed by atoms with Crippen molar-refractivity contribution in [1.82, 2.24) is 4.67 Å². The summed E-state index contributed by atoms with van der Waals surface area (Å²) in [5, 5.41) is 0. The van der Waals surface area contributed by atoms with Crippen LogP contribution < -0.4 is 0 Å². The summed E-state index contributed by atoms with van der Waals surface area (Å²) in [7, 11) is 3.87. The van der Waals surface area contributed by atoms with Gasteiger partial charge in [-0.2, -0.15) is 0 Å². The van der Waals surface area contributed by atoms with Crippen molar-refractivity contribution < 1.29 is 9.53 Å². The Bertz CT molecular complexity index is 183. The van der Waals surface area contributed by atoms with Crippen molar-refractivity contribution in [3.05, 3.63) is 0 Å². The van der Waals surface area contributed by atoms with Crippen LogP contribution in [0.1, 0.15) is 0 Å². The monoisotopic (exact) mass is 174 g/mol. The van der Waals surface area contributed by atoms with E-state index >= 15 is 0 Å². The highest BCUT2D eigenvalue weighted by atomic mass is 31.0. The van der Waals surface area contributed by atoms with E-state index in [-0.39, 0.29) is 11.9 Å². The lowest BCUT2D eigenvalue weighted by Crippen LogP contribution is -2.33. The van der Waals surface area contributed by atoms with Gasteiger partial charge in [0.25, 0.3) is 0 Å². The molecule has 0 aromatic rings. The van der Waals surface area contributed by atoms with Gasteiger partial charge in [0, 0.05) is 6.54 Å². The topological polar surface area (TPSA) is 41.9 Å². The number of rotatable bonds is 1. The van der Waals surface area contributed by atoms with Crippen molar-refractivity contribution >= 4 is 21.7 Å². The quantitative estimate of drug-likeness (QED) is 0.412. The molecule has 0 aromatic heterocycles. The molecule has 0 saturated heterocycles. The van der Waals surface area contributed by atoms with Crippen molar-refractivity contribution in [1.29, 1.82) is 0 Å². The summed E-state index contributed by atoms with van der Waals surface area (Å²) in [5.41, 5.74) is 0. The number of hydrogen-bond donors (Lipinski definition) is 0. The first-order chi connectivity index (χ1) is 5.24. The third-order valence-electron chi connectivity index (χ3n) is 1.52. The van der Waals surface area contributed by atoms with Crippen molar-refractivity contribution in [2.45, 2.75) is 0 Å². The molecule has 0 fully saturated rings. The highest BCUT2D eigenvalue weighted by molar-refractivity contribution is 7.14. The van der Waals surface area contributed by atoms with Crippen LogP contribution in [-0.2, 0) is 9.53 Å². The summed E-state index contributed by atoms with van der Waals surface area (Å²) >= 11 is 0. The molecular formula is C6H11N2O2P. The van der Waals surface area contributed by atoms with Crippen molar-refractivity contribution in [3.8, 4) is 0 Å². The molecule has 0 amide bonds. The van der Waals surface area contributed by atoms with Crippen molar-refractivity contribution in [2.75, 3.05) is 20.2 Å². The molecule has 0 bridgehead atoms. The zero-order chi connectivity index (χ0) is 8.27. The Labute approximate surface area is 67.9 Å². The van der Waals surface area contributed by atoms with Crippen LogP contribution >= 0.6 is 9.39 Å². The van der Waals surface area contributed by atoms with E-state index < -0.39 is 0 Å². The normalized spacial score (nSPS) is 23.5. The summed E-state index contributed by atoms with van der Waals surface area (Å²) in [6.07, 6.45) is 1.70. The molecule has 2 atom stereocenters. The molecule has 0 N–H and O–H groups in total. The van der Waals surface area contributed by atoms with E-state index in [2.05, 4.69) is 19.1 Å². The fourth-order valence-electron chi connectivity index (χ4n) is 0.954. The molecule has 1 rings (SSSR count). The molecule has 1 heterocycles. The van der Waals surface area contributed by atoms with E-state index in [1.807, 2.05) is 0 Å². The van der Waals surface area contributed by atoms with Gasteiger partial charge in [0.05, 0.1) is 25.9 Å². The Kier molecular flexibility index (Phi) is 2.83. The van der Waals surface area contributed by atoms with Gasteiger partial charge < -0.3 is 9.41 Å². The molecule has 0 radical (unpaired) electrons. The van der Waals surface area contributed by atoms with Gasteiger partial charge >= 0.3 is 5.97 Å². The van der Waals surface area contributed by atoms with Crippen molar-refractivity contribution in [3.63, 3.8) is 0 Å². The first-order valence-corrected chi connectivity index (χ1v) is 3.85. The Morgan fingerprint density at radius 3 is 3.18 bits per heavy atom. The fraction of sp³-hybridized carbons (Fsp3) is 0.667. The third kappa shape index (κ3) is 2.15. The van der Waals surface area contributed by atoms with Gasteiger partial charge in [0.15, 0.2) is 0 Å². The maximum atomic E-state index is 11.0. The molecule has 4 nitrogen and oxygen atoms in total. The molecule has 2 unspecified atom stereocenters. The van der Waals surface area contributed by atoms with E-state index in [1.165, 1.54) is 7.11 Å². The summed E-state index contributed by atoms with van der Waals surface area (Å²) in [5.74, 6) is -0.295. The molecule has 0 spiro atoms. The van der Waals surface area contributed by atoms with Gasteiger partial charge in [-0.05, 0) is 9.39 Å². The molecule has 11 heavy (non-hydrogen) atoms. The van der Waals surface area contributed by atoms with Crippen LogP contribution in [0, 0.1) is 5.92 Å². The predicted molar refractivity (Wildman–Crippen MR) is 45.3 cm³/mol. The Morgan fingerprint density at radius 1 is 1.91 bits per heavy atom. The smallest absolute Gasteiger partial charge is 0.312 e. The number of ether oxygens (including phenoxy) is 1. The summed E-state index contributed by atoms with van der Waals surface area (Å²) in [6.45, 7) is 1.21. The number of methoxy groups -OCH3 is 1. The van der Waals surface area contributed by atoms with Crippen molar-refractivity contribution in [2.24, 2.45) is 10.9 Å². The van der Waals surface area contributed by atoms with Gasteiger partial charge in [-0.1, -0.05) is 0 Å². The maximum absolute atomic E-state index is 11.0. The minimum Gasteiger partial charge on any atom is -0.469 e. The summed E-state index contributed by atoms with van der Waals surface area (Å²) < 4.78 is 6.39. The number of hydrogen-bond acceptors (Lipinski definition) is 4. The minimum atomic E-state index is -0.186. The Hall–Kier alpha value is -0.630. The van der Waals surface area contributed by atoms with Gasteiger partial charge in [-0.25, -0.2) is 0 Å². The molecule has 1 aliphatic rings. The number of aliphatic imine (C=N–C) groups is 1. The molecule has 0 saturated carbocycles. The molecule has 1 aliphatic heterocycles. The molecule has 0 aliphatic carbocycles. The summed E-state index contributed by atoms with van der Waals surface area (Å²) in [4.78, 5) is 15.0. The molecule has 5 heteroatoms. The first-order valence-electron chi connectivity index (χ1n) is 3.33. The van der Waals surface area contributed by atoms with Gasteiger partial charge in [0.1, 0.15) is 0 Å². The molecule has 0 aromatic carbocycles. The highest BCUT2D eigenvalue weighted by Gasteiger charge is 2.22. The van der Waals surface area contributed by atoms with Gasteiger partial charge in [0.2, 0.25) is 0 Å². The van der Waals surface area contributed by atoms with Crippen LogP contribution in [0.25, 0.3) is 0 Å². The van der Waals surface area contributed by atoms with Crippen LogP contribution in [0.2, 0.25) is 0 Å². The average Bonchev–Trinajstić information content (AvgIpc) is 2.03. The largest absolute Gasteiger partial charge is 0.469 e. The van der Waals surface area contributed by atoms with Crippen LogP contribution in [-0.4, -0.2) is 37.2 Å². The van der Waals surface area contributed by atoms with Crippen LogP contribution in [0.4, 0.5) is 0 Å². The van der Waals surface area contributed by atoms with E-state index in [1.54, 1.807) is 11.0 Å². The lowest BCUT2D eigenvalue weighted by atomic mass is 10.1. The standard InChI is InChI=1S/C6H11N2O2P/c1-10-6(9)5-2-7-4-8(11)3-5/h4-5H,2-3,11H2,1H3. The fourth-order valence-corrected chi connectivity index (χ4v) is 1.30. The van der Waals surface area contributed by atoms with Gasteiger partial charge in [-0.3, -0.25) is 9.79 Å². The van der Waals surface area contributed by atoms with Gasteiger partial charge in [-0.15, -0.1) is 0 Å². The van der Waals surface area contributed by atoms with Crippen LogP contribution in [0.3, 0.4) is 0 Å². The van der Waals surface area contributed by atoms with Crippen LogP contribution in [0.5, 0.6) is 0 Å². The third-order valence-corrected chi connectivity index (χ3v) is 1.87. The number of carbonyl (C=O) groups is 1. The average molecular weight is 174 g/mol. The second-order valence-electron chi connectivity index (χ2n) is 2.40. The lowest BCUT2D eigenvalue weighted by molar-refractivity contribution is -0.145. The SMILES string of the molecule is COC(=O)C1CN=CN(P)C1. The lowest BCUT2D eigenvalue weighted by Gasteiger charge is -2.22. The zero-order valence-electron chi connectivity index (χ0n) is 6.36. The number of esters is 1. The summed E-state index contributed by atoms with van der Waals surface area (Å²) in [6, 6.07) is 0. The first kappa shape index (κ1) is 8.47. The van der Waals surface area contributed by atoms with Crippen LogP contribution in [0.15, 0.2) is 4.99 Å². The Morgan fingerprint density at radius 2 is 2.64 bits per heavy atom. The van der Waals surface area contributed by atoms with E-state index in [4.69, 9.17) is 0 Å². The highest BCUT2D eigenvalue weighted by Crippen LogP contribution is 2.10. The minimum absolute atomic E-state index is 0.109. The molecule has 62 valence electrons. The van der Waals surface area contributed by atoms with E-state index in [0.29, 0.717) is 13.1 Å². The second kappa shape index (κ2) is 3.67. The molecular weight excluding hydrogens is 163 g/mol. The second-order valence-corrected chi connectivity index (χ2v) is 3.06. The van der Waals surface area contributed by atoms with E-state index in [0.717, 1.165) is 0 Å². The predicted octanol–water partition coefficient (Wildman–Crippen LogP) is -0.0904.